The number of nitrogens with zero attached hydrogens (tertiary/aromatic N) is 4. The Balaban J connectivity index is 1.48. The van der Waals surface area contributed by atoms with Gasteiger partial charge in [-0.1, -0.05) is 0 Å². The second kappa shape index (κ2) is 9.87. The lowest BCUT2D eigenvalue weighted by atomic mass is 10.1. The van der Waals surface area contributed by atoms with Gasteiger partial charge in [0.1, 0.15) is 29.1 Å². The number of imidazole rings is 1. The molecular weight excluding hydrogens is 448 g/mol. The highest BCUT2D eigenvalue weighted by atomic mass is 16.5. The Morgan fingerprint density at radius 2 is 1.83 bits per heavy atom. The number of hydrogen-bond donors (Lipinski definition) is 2. The first-order valence-electron chi connectivity index (χ1n) is 11.2. The van der Waals surface area contributed by atoms with Crippen molar-refractivity contribution in [3.05, 3.63) is 48.3 Å². The number of H-pyrrole nitrogens is 1. The van der Waals surface area contributed by atoms with E-state index in [2.05, 4.69) is 26.3 Å². The molecule has 1 saturated heterocycles. The number of fused-ring (bicyclic) bond motifs is 1. The van der Waals surface area contributed by atoms with Gasteiger partial charge in [0, 0.05) is 30.2 Å². The zero-order chi connectivity index (χ0) is 24.2. The molecule has 0 unspecified atom stereocenters. The van der Waals surface area contributed by atoms with E-state index < -0.39 is 0 Å². The Morgan fingerprint density at radius 3 is 2.60 bits per heavy atom. The van der Waals surface area contributed by atoms with Crippen LogP contribution in [0.1, 0.15) is 18.4 Å². The van der Waals surface area contributed by atoms with Crippen LogP contribution in [-0.2, 0) is 4.74 Å². The molecule has 0 atom stereocenters. The molecule has 0 amide bonds. The quantitative estimate of drug-likeness (QED) is 0.406. The number of hydrogen-bond acceptors (Lipinski definition) is 9. The van der Waals surface area contributed by atoms with Crippen molar-refractivity contribution in [3.63, 3.8) is 0 Å². The fraction of sp³-hybridized carbons (Fsp3) is 0.280. The van der Waals surface area contributed by atoms with E-state index in [-0.39, 0.29) is 6.10 Å². The molecular formula is C25H24N6O4. The summed E-state index contributed by atoms with van der Waals surface area (Å²) in [4.78, 5) is 16.7. The van der Waals surface area contributed by atoms with Crippen molar-refractivity contribution in [2.45, 2.75) is 18.9 Å². The summed E-state index contributed by atoms with van der Waals surface area (Å²) in [5, 5.41) is 13.0. The summed E-state index contributed by atoms with van der Waals surface area (Å²) in [5.41, 5.74) is 3.69. The van der Waals surface area contributed by atoms with Crippen LogP contribution < -0.4 is 19.5 Å². The summed E-state index contributed by atoms with van der Waals surface area (Å²) < 4.78 is 22.2. The van der Waals surface area contributed by atoms with E-state index in [0.29, 0.717) is 58.8 Å². The molecule has 0 aliphatic carbocycles. The van der Waals surface area contributed by atoms with Crippen LogP contribution >= 0.6 is 0 Å². The topological polar surface area (TPSA) is 127 Å². The number of nitrogens with one attached hydrogen (secondary N) is 2. The van der Waals surface area contributed by atoms with Gasteiger partial charge in [-0.25, -0.2) is 9.97 Å². The molecule has 1 fully saturated rings. The number of ether oxygens (including phenoxy) is 4. The fourth-order valence-corrected chi connectivity index (χ4v) is 3.98. The molecule has 1 aliphatic heterocycles. The maximum atomic E-state index is 9.79. The van der Waals surface area contributed by atoms with E-state index in [1.54, 1.807) is 38.7 Å². The van der Waals surface area contributed by atoms with E-state index >= 15 is 0 Å². The van der Waals surface area contributed by atoms with E-state index in [1.165, 1.54) is 0 Å². The first kappa shape index (κ1) is 22.4. The van der Waals surface area contributed by atoms with E-state index in [0.717, 1.165) is 24.1 Å². The number of aromatic nitrogens is 4. The van der Waals surface area contributed by atoms with Crippen LogP contribution in [0.25, 0.3) is 22.4 Å². The third-order valence-electron chi connectivity index (χ3n) is 5.76. The number of nitriles is 1. The van der Waals surface area contributed by atoms with Crippen LogP contribution in [-0.4, -0.2) is 53.5 Å². The highest BCUT2D eigenvalue weighted by molar-refractivity contribution is 5.88. The second-order valence-electron chi connectivity index (χ2n) is 7.94. The molecule has 0 bridgehead atoms. The Kier molecular flexibility index (Phi) is 6.32. The Bertz CT molecular complexity index is 1390. The summed E-state index contributed by atoms with van der Waals surface area (Å²) in [5.74, 6) is 2.11. The average Bonchev–Trinajstić information content (AvgIpc) is 3.38. The van der Waals surface area contributed by atoms with Gasteiger partial charge in [0.05, 0.1) is 39.3 Å². The molecule has 0 saturated carbocycles. The maximum Gasteiger partial charge on any atom is 0.229 e. The largest absolute Gasteiger partial charge is 0.493 e. The highest BCUT2D eigenvalue weighted by Gasteiger charge is 2.19. The van der Waals surface area contributed by atoms with Gasteiger partial charge < -0.3 is 29.2 Å². The lowest BCUT2D eigenvalue weighted by molar-refractivity contribution is 0.0254. The predicted octanol–water partition coefficient (Wildman–Crippen LogP) is 4.21. The highest BCUT2D eigenvalue weighted by Crippen LogP contribution is 2.33. The molecule has 1 aliphatic rings. The van der Waals surface area contributed by atoms with E-state index in [9.17, 15) is 5.26 Å². The van der Waals surface area contributed by atoms with Crippen LogP contribution in [0.2, 0.25) is 0 Å². The van der Waals surface area contributed by atoms with Crippen LogP contribution in [0.4, 0.5) is 11.6 Å². The van der Waals surface area contributed by atoms with Crippen molar-refractivity contribution in [3.8, 4) is 34.6 Å². The molecule has 4 aromatic rings. The van der Waals surface area contributed by atoms with E-state index in [1.807, 2.05) is 18.2 Å². The zero-order valence-electron chi connectivity index (χ0n) is 19.4. The predicted molar refractivity (Wildman–Crippen MR) is 129 cm³/mol. The van der Waals surface area contributed by atoms with Gasteiger partial charge in [-0.15, -0.1) is 0 Å². The summed E-state index contributed by atoms with van der Waals surface area (Å²) in [7, 11) is 3.16. The van der Waals surface area contributed by atoms with Crippen molar-refractivity contribution in [2.24, 2.45) is 0 Å². The summed E-state index contributed by atoms with van der Waals surface area (Å²) in [6.45, 7) is 1.33. The number of methoxy groups -OCH3 is 2. The van der Waals surface area contributed by atoms with Gasteiger partial charge in [-0.05, 0) is 30.3 Å². The molecule has 5 rings (SSSR count). The van der Waals surface area contributed by atoms with Crippen molar-refractivity contribution < 1.29 is 18.9 Å². The average molecular weight is 473 g/mol. The first-order chi connectivity index (χ1) is 17.2. The third-order valence-corrected chi connectivity index (χ3v) is 5.76. The minimum absolute atomic E-state index is 0.0392. The van der Waals surface area contributed by atoms with Crippen molar-refractivity contribution in [1.29, 1.82) is 5.26 Å². The van der Waals surface area contributed by atoms with Crippen LogP contribution in [0, 0.1) is 11.3 Å². The standard InChI is InChI=1S/C25H24N6O4/c1-32-20-6-4-17(12-21(20)33-2)29-25-30-22(23-24(31-25)28-14-27-23)15-3-5-19(16(11-15)13-26)35-18-7-9-34-10-8-18/h3-6,11-12,14,18H,7-10H2,1-2H3,(H2,27,28,29,30,31). The van der Waals surface area contributed by atoms with Crippen molar-refractivity contribution in [1.82, 2.24) is 19.9 Å². The normalized spacial score (nSPS) is 13.9. The smallest absolute Gasteiger partial charge is 0.229 e. The SMILES string of the molecule is COc1ccc(Nc2nc(-c3ccc(OC4CCOCC4)c(C#N)c3)c3[nH]cnc3n2)cc1OC. The zero-order valence-corrected chi connectivity index (χ0v) is 19.4. The van der Waals surface area contributed by atoms with Gasteiger partial charge in [0.2, 0.25) is 5.95 Å². The molecule has 2 aromatic heterocycles. The molecule has 2 aromatic carbocycles. The molecule has 3 heterocycles. The minimum atomic E-state index is 0.0392. The molecule has 10 nitrogen and oxygen atoms in total. The van der Waals surface area contributed by atoms with Gasteiger partial charge in [0.15, 0.2) is 17.1 Å². The molecule has 35 heavy (non-hydrogen) atoms. The lowest BCUT2D eigenvalue weighted by Gasteiger charge is -2.23. The van der Waals surface area contributed by atoms with E-state index in [4.69, 9.17) is 23.9 Å². The van der Waals surface area contributed by atoms with Gasteiger partial charge >= 0.3 is 0 Å². The van der Waals surface area contributed by atoms with Crippen molar-refractivity contribution >= 4 is 22.8 Å². The third kappa shape index (κ3) is 4.67. The van der Waals surface area contributed by atoms with Gasteiger partial charge in [-0.2, -0.15) is 10.2 Å². The lowest BCUT2D eigenvalue weighted by Crippen LogP contribution is -2.26. The second-order valence-corrected chi connectivity index (χ2v) is 7.94. The summed E-state index contributed by atoms with van der Waals surface area (Å²) in [6.07, 6.45) is 3.21. The van der Waals surface area contributed by atoms with Crippen molar-refractivity contribution in [2.75, 3.05) is 32.8 Å². The maximum absolute atomic E-state index is 9.79. The van der Waals surface area contributed by atoms with Crippen LogP contribution in [0.5, 0.6) is 17.2 Å². The van der Waals surface area contributed by atoms with Crippen LogP contribution in [0.15, 0.2) is 42.7 Å². The number of benzene rings is 2. The number of aromatic amines is 1. The molecule has 0 spiro atoms. The summed E-state index contributed by atoms with van der Waals surface area (Å²) >= 11 is 0. The summed E-state index contributed by atoms with van der Waals surface area (Å²) in [6, 6.07) is 13.2. The number of rotatable bonds is 7. The Morgan fingerprint density at radius 1 is 1.03 bits per heavy atom. The molecule has 10 heteroatoms. The van der Waals surface area contributed by atoms with Gasteiger partial charge in [-0.3, -0.25) is 0 Å². The molecule has 178 valence electrons. The monoisotopic (exact) mass is 472 g/mol. The Hall–Kier alpha value is -4.36. The Labute approximate surface area is 201 Å². The number of anilines is 2. The minimum Gasteiger partial charge on any atom is -0.493 e. The molecule has 2 N–H and O–H groups in total. The first-order valence-corrected chi connectivity index (χ1v) is 11.2. The van der Waals surface area contributed by atoms with Gasteiger partial charge in [0.25, 0.3) is 0 Å². The van der Waals surface area contributed by atoms with Crippen LogP contribution in [0.3, 0.4) is 0 Å². The molecule has 0 radical (unpaired) electrons. The fourth-order valence-electron chi connectivity index (χ4n) is 3.98.